The predicted molar refractivity (Wildman–Crippen MR) is 57.6 cm³/mol. The fraction of sp³-hybridized carbons (Fsp3) is 0.400. The van der Waals surface area contributed by atoms with Crippen LogP contribution in [-0.2, 0) is 10.1 Å². The van der Waals surface area contributed by atoms with Gasteiger partial charge in [0, 0.05) is 11.5 Å². The number of esters is 1. The van der Waals surface area contributed by atoms with E-state index in [0.29, 0.717) is 23.2 Å². The molecule has 76 valence electrons. The molecule has 0 radical (unpaired) electrons. The summed E-state index contributed by atoms with van der Waals surface area (Å²) < 4.78 is 4.93. The molecule has 0 aromatic carbocycles. The van der Waals surface area contributed by atoms with E-state index in [1.807, 2.05) is 6.92 Å². The number of alkyl halides is 1. The zero-order valence-corrected chi connectivity index (χ0v) is 9.80. The number of aromatic nitrogens is 1. The van der Waals surface area contributed by atoms with Crippen molar-refractivity contribution in [2.45, 2.75) is 19.2 Å². The maximum absolute atomic E-state index is 11.5. The molecule has 3 nitrogen and oxygen atoms in total. The van der Waals surface area contributed by atoms with Crippen LogP contribution in [0, 0.1) is 6.92 Å². The van der Waals surface area contributed by atoms with Crippen LogP contribution in [0.15, 0.2) is 12.3 Å². The van der Waals surface area contributed by atoms with Gasteiger partial charge in [-0.2, -0.15) is 0 Å². The number of halogens is 1. The molecule has 0 aliphatic carbocycles. The minimum absolute atomic E-state index is 0.307. The molecule has 1 aromatic rings. The van der Waals surface area contributed by atoms with Crippen LogP contribution in [0.2, 0.25) is 0 Å². The second-order valence-corrected chi connectivity index (χ2v) is 3.42. The van der Waals surface area contributed by atoms with Gasteiger partial charge in [0.15, 0.2) is 0 Å². The van der Waals surface area contributed by atoms with Gasteiger partial charge in [0.05, 0.1) is 17.9 Å². The highest BCUT2D eigenvalue weighted by atomic mass is 79.9. The molecule has 0 aliphatic heterocycles. The van der Waals surface area contributed by atoms with Crippen molar-refractivity contribution in [2.24, 2.45) is 0 Å². The molecule has 1 aromatic heterocycles. The van der Waals surface area contributed by atoms with Crippen LogP contribution < -0.4 is 0 Å². The number of hydrogen-bond donors (Lipinski definition) is 0. The maximum atomic E-state index is 11.5. The lowest BCUT2D eigenvalue weighted by Gasteiger charge is -2.06. The van der Waals surface area contributed by atoms with Gasteiger partial charge in [-0.15, -0.1) is 0 Å². The molecule has 0 unspecified atom stereocenters. The average molecular weight is 258 g/mol. The minimum Gasteiger partial charge on any atom is -0.462 e. The average Bonchev–Trinajstić information content (AvgIpc) is 2.18. The van der Waals surface area contributed by atoms with Crippen molar-refractivity contribution in [3.05, 3.63) is 29.1 Å². The van der Waals surface area contributed by atoms with Crippen molar-refractivity contribution >= 4 is 21.9 Å². The third kappa shape index (κ3) is 2.54. The Kier molecular flexibility index (Phi) is 4.07. The molecule has 0 spiro atoms. The van der Waals surface area contributed by atoms with E-state index in [1.165, 1.54) is 0 Å². The Morgan fingerprint density at radius 3 is 2.93 bits per heavy atom. The molecule has 0 saturated carbocycles. The van der Waals surface area contributed by atoms with E-state index in [4.69, 9.17) is 4.74 Å². The number of ether oxygens (including phenoxy) is 1. The molecule has 4 heteroatoms. The predicted octanol–water partition coefficient (Wildman–Crippen LogP) is 2.46. The fourth-order valence-corrected chi connectivity index (χ4v) is 1.54. The Bertz CT molecular complexity index is 339. The smallest absolute Gasteiger partial charge is 0.340 e. The Morgan fingerprint density at radius 1 is 1.64 bits per heavy atom. The first-order valence-corrected chi connectivity index (χ1v) is 5.49. The van der Waals surface area contributed by atoms with Crippen molar-refractivity contribution in [2.75, 3.05) is 6.61 Å². The number of aryl methyl sites for hydroxylation is 1. The number of carbonyl (C=O) groups is 1. The molecule has 1 rings (SSSR count). The largest absolute Gasteiger partial charge is 0.462 e. The molecule has 0 saturated heterocycles. The number of nitrogens with zero attached hydrogens (tertiary/aromatic N) is 1. The fourth-order valence-electron chi connectivity index (χ4n) is 1.09. The quantitative estimate of drug-likeness (QED) is 0.617. The Balaban J connectivity index is 3.03. The molecule has 14 heavy (non-hydrogen) atoms. The number of carbonyl (C=O) groups excluding carboxylic acids is 1. The highest BCUT2D eigenvalue weighted by Gasteiger charge is 2.12. The second kappa shape index (κ2) is 5.10. The van der Waals surface area contributed by atoms with E-state index in [0.717, 1.165) is 5.56 Å². The van der Waals surface area contributed by atoms with Crippen molar-refractivity contribution in [1.29, 1.82) is 0 Å². The first-order valence-electron chi connectivity index (χ1n) is 4.37. The molecule has 0 fully saturated rings. The van der Waals surface area contributed by atoms with Crippen molar-refractivity contribution in [3.8, 4) is 0 Å². The van der Waals surface area contributed by atoms with Crippen LogP contribution >= 0.6 is 15.9 Å². The molecule has 0 atom stereocenters. The lowest BCUT2D eigenvalue weighted by Crippen LogP contribution is -2.09. The first-order chi connectivity index (χ1) is 6.69. The van der Waals surface area contributed by atoms with Crippen LogP contribution in [0.3, 0.4) is 0 Å². The third-order valence-electron chi connectivity index (χ3n) is 1.73. The van der Waals surface area contributed by atoms with E-state index in [1.54, 1.807) is 19.2 Å². The molecular formula is C10H12BrNO2. The zero-order chi connectivity index (χ0) is 10.6. The van der Waals surface area contributed by atoms with Gasteiger partial charge in [-0.1, -0.05) is 15.9 Å². The third-order valence-corrected chi connectivity index (χ3v) is 2.26. The van der Waals surface area contributed by atoms with Gasteiger partial charge < -0.3 is 4.74 Å². The van der Waals surface area contributed by atoms with Crippen LogP contribution in [-0.4, -0.2) is 17.6 Å². The molecule has 0 bridgehead atoms. The second-order valence-electron chi connectivity index (χ2n) is 2.86. The van der Waals surface area contributed by atoms with Gasteiger partial charge in [0.1, 0.15) is 0 Å². The zero-order valence-electron chi connectivity index (χ0n) is 8.21. The molecule has 0 amide bonds. The molecular weight excluding hydrogens is 246 g/mol. The summed E-state index contributed by atoms with van der Waals surface area (Å²) in [5.41, 5.74) is 2.22. The van der Waals surface area contributed by atoms with Crippen molar-refractivity contribution < 1.29 is 9.53 Å². The van der Waals surface area contributed by atoms with Gasteiger partial charge in [0.25, 0.3) is 0 Å². The van der Waals surface area contributed by atoms with Crippen LogP contribution in [0.5, 0.6) is 0 Å². The van der Waals surface area contributed by atoms with Crippen LogP contribution in [0.4, 0.5) is 0 Å². The highest BCUT2D eigenvalue weighted by Crippen LogP contribution is 2.13. The monoisotopic (exact) mass is 257 g/mol. The van der Waals surface area contributed by atoms with Crippen molar-refractivity contribution in [3.63, 3.8) is 0 Å². The van der Waals surface area contributed by atoms with E-state index < -0.39 is 0 Å². The number of rotatable bonds is 3. The summed E-state index contributed by atoms with van der Waals surface area (Å²) in [6.07, 6.45) is 1.74. The Morgan fingerprint density at radius 2 is 2.36 bits per heavy atom. The number of pyridine rings is 1. The van der Waals surface area contributed by atoms with Gasteiger partial charge in [-0.3, -0.25) is 4.98 Å². The number of hydrogen-bond acceptors (Lipinski definition) is 3. The van der Waals surface area contributed by atoms with Gasteiger partial charge in [-0.25, -0.2) is 4.79 Å². The Labute approximate surface area is 91.6 Å². The lowest BCUT2D eigenvalue weighted by molar-refractivity contribution is 0.0524. The molecule has 0 N–H and O–H groups in total. The van der Waals surface area contributed by atoms with E-state index in [-0.39, 0.29) is 5.97 Å². The summed E-state index contributed by atoms with van der Waals surface area (Å²) in [5.74, 6) is -0.307. The van der Waals surface area contributed by atoms with E-state index >= 15 is 0 Å². The minimum atomic E-state index is -0.307. The van der Waals surface area contributed by atoms with Gasteiger partial charge >= 0.3 is 5.97 Å². The summed E-state index contributed by atoms with van der Waals surface area (Å²) >= 11 is 3.28. The Hall–Kier alpha value is -0.900. The van der Waals surface area contributed by atoms with Crippen molar-refractivity contribution in [1.82, 2.24) is 4.98 Å². The normalized spacial score (nSPS) is 9.93. The lowest BCUT2D eigenvalue weighted by atomic mass is 10.1. The standard InChI is InChI=1S/C10H12BrNO2/c1-3-14-10(13)8-4-7(2)6-12-9(8)5-11/h4,6H,3,5H2,1-2H3. The first kappa shape index (κ1) is 11.2. The van der Waals surface area contributed by atoms with E-state index in [2.05, 4.69) is 20.9 Å². The molecule has 1 heterocycles. The summed E-state index contributed by atoms with van der Waals surface area (Å²) in [6.45, 7) is 4.07. The maximum Gasteiger partial charge on any atom is 0.340 e. The topological polar surface area (TPSA) is 39.2 Å². The SMILES string of the molecule is CCOC(=O)c1cc(C)cnc1CBr. The van der Waals surface area contributed by atoms with Gasteiger partial charge in [-0.05, 0) is 25.5 Å². The highest BCUT2D eigenvalue weighted by molar-refractivity contribution is 9.08. The van der Waals surface area contributed by atoms with Crippen LogP contribution in [0.25, 0.3) is 0 Å². The van der Waals surface area contributed by atoms with Gasteiger partial charge in [0.2, 0.25) is 0 Å². The van der Waals surface area contributed by atoms with E-state index in [9.17, 15) is 4.79 Å². The molecule has 0 aliphatic rings. The summed E-state index contributed by atoms with van der Waals surface area (Å²) in [7, 11) is 0. The summed E-state index contributed by atoms with van der Waals surface area (Å²) in [6, 6.07) is 1.79. The summed E-state index contributed by atoms with van der Waals surface area (Å²) in [4.78, 5) is 15.6. The van der Waals surface area contributed by atoms with Crippen LogP contribution in [0.1, 0.15) is 28.5 Å². The summed E-state index contributed by atoms with van der Waals surface area (Å²) in [5, 5.41) is 0.557.